The molecule has 1 N–H and O–H groups in total. The quantitative estimate of drug-likeness (QED) is 0.898. The van der Waals surface area contributed by atoms with Gasteiger partial charge in [0.15, 0.2) is 5.58 Å². The van der Waals surface area contributed by atoms with E-state index < -0.39 is 0 Å². The molecule has 1 aromatic heterocycles. The summed E-state index contributed by atoms with van der Waals surface area (Å²) in [5.74, 6) is 1.50. The molecule has 1 aliphatic heterocycles. The van der Waals surface area contributed by atoms with Crippen molar-refractivity contribution in [3.8, 4) is 5.75 Å². The van der Waals surface area contributed by atoms with E-state index in [2.05, 4.69) is 10.3 Å². The second-order valence-corrected chi connectivity index (χ2v) is 4.44. The lowest BCUT2D eigenvalue weighted by Gasteiger charge is -2.04. The van der Waals surface area contributed by atoms with E-state index in [1.54, 1.807) is 14.2 Å². The SMILES string of the molecule is COc1ccc2nc(C3CC(OC)CN3)oc2c1. The molecule has 5 nitrogen and oxygen atoms in total. The van der Waals surface area contributed by atoms with Gasteiger partial charge in [-0.2, -0.15) is 0 Å². The molecule has 5 heteroatoms. The average Bonchev–Trinajstić information content (AvgIpc) is 3.03. The van der Waals surface area contributed by atoms with Crippen LogP contribution in [0.5, 0.6) is 5.75 Å². The molecule has 96 valence electrons. The van der Waals surface area contributed by atoms with Gasteiger partial charge in [0.2, 0.25) is 5.89 Å². The van der Waals surface area contributed by atoms with Crippen LogP contribution in [-0.2, 0) is 4.74 Å². The molecular formula is C13H16N2O3. The molecule has 3 rings (SSSR count). The molecule has 0 spiro atoms. The van der Waals surface area contributed by atoms with Crippen molar-refractivity contribution in [1.29, 1.82) is 0 Å². The highest BCUT2D eigenvalue weighted by Gasteiger charge is 2.28. The maximum absolute atomic E-state index is 5.78. The maximum Gasteiger partial charge on any atom is 0.212 e. The smallest absolute Gasteiger partial charge is 0.212 e. The van der Waals surface area contributed by atoms with Gasteiger partial charge in [-0.25, -0.2) is 4.98 Å². The standard InChI is InChI=1S/C13H16N2O3/c1-16-8-3-4-10-12(6-8)18-13(15-10)11-5-9(17-2)7-14-11/h3-4,6,9,11,14H,5,7H2,1-2H3. The van der Waals surface area contributed by atoms with Gasteiger partial charge >= 0.3 is 0 Å². The van der Waals surface area contributed by atoms with Gasteiger partial charge in [-0.15, -0.1) is 0 Å². The van der Waals surface area contributed by atoms with Crippen LogP contribution in [0.25, 0.3) is 11.1 Å². The molecule has 1 aliphatic rings. The third-order valence-corrected chi connectivity index (χ3v) is 3.33. The van der Waals surface area contributed by atoms with Crippen molar-refractivity contribution in [2.45, 2.75) is 18.6 Å². The minimum Gasteiger partial charge on any atom is -0.497 e. The van der Waals surface area contributed by atoms with Gasteiger partial charge in [0, 0.05) is 19.7 Å². The van der Waals surface area contributed by atoms with Gasteiger partial charge in [-0.3, -0.25) is 0 Å². The van der Waals surface area contributed by atoms with Crippen LogP contribution in [0.15, 0.2) is 22.6 Å². The topological polar surface area (TPSA) is 56.5 Å². The Bertz CT molecular complexity index is 552. The van der Waals surface area contributed by atoms with Crippen molar-refractivity contribution in [2.75, 3.05) is 20.8 Å². The van der Waals surface area contributed by atoms with Crippen molar-refractivity contribution < 1.29 is 13.9 Å². The Morgan fingerprint density at radius 1 is 1.39 bits per heavy atom. The first-order valence-electron chi connectivity index (χ1n) is 6.01. The molecule has 2 heterocycles. The first-order valence-corrected chi connectivity index (χ1v) is 6.01. The average molecular weight is 248 g/mol. The lowest BCUT2D eigenvalue weighted by Crippen LogP contribution is -2.16. The second-order valence-electron chi connectivity index (χ2n) is 4.44. The first kappa shape index (κ1) is 11.5. The number of nitrogens with zero attached hydrogens (tertiary/aromatic N) is 1. The Morgan fingerprint density at radius 3 is 3.00 bits per heavy atom. The predicted octanol–water partition coefficient (Wildman–Crippen LogP) is 1.89. The summed E-state index contributed by atoms with van der Waals surface area (Å²) in [6.45, 7) is 0.837. The second kappa shape index (κ2) is 4.59. The van der Waals surface area contributed by atoms with Crippen molar-refractivity contribution in [2.24, 2.45) is 0 Å². The van der Waals surface area contributed by atoms with E-state index in [0.717, 1.165) is 35.7 Å². The zero-order chi connectivity index (χ0) is 12.5. The Morgan fingerprint density at radius 2 is 2.28 bits per heavy atom. The molecule has 2 aromatic rings. The number of methoxy groups -OCH3 is 2. The number of ether oxygens (including phenoxy) is 2. The van der Waals surface area contributed by atoms with Crippen LogP contribution < -0.4 is 10.1 Å². The zero-order valence-electron chi connectivity index (χ0n) is 10.5. The lowest BCUT2D eigenvalue weighted by atomic mass is 10.2. The summed E-state index contributed by atoms with van der Waals surface area (Å²) in [5.41, 5.74) is 1.61. The van der Waals surface area contributed by atoms with E-state index in [4.69, 9.17) is 13.9 Å². The van der Waals surface area contributed by atoms with Gasteiger partial charge in [0.25, 0.3) is 0 Å². The Hall–Kier alpha value is -1.59. The summed E-state index contributed by atoms with van der Waals surface area (Å²) in [5, 5.41) is 3.35. The number of hydrogen-bond acceptors (Lipinski definition) is 5. The van der Waals surface area contributed by atoms with Crippen molar-refractivity contribution in [3.05, 3.63) is 24.1 Å². The minimum atomic E-state index is 0.133. The monoisotopic (exact) mass is 248 g/mol. The van der Waals surface area contributed by atoms with E-state index in [1.165, 1.54) is 0 Å². The van der Waals surface area contributed by atoms with Crippen LogP contribution >= 0.6 is 0 Å². The number of fused-ring (bicyclic) bond motifs is 1. The molecule has 18 heavy (non-hydrogen) atoms. The Kier molecular flexibility index (Phi) is 2.93. The van der Waals surface area contributed by atoms with E-state index in [1.807, 2.05) is 18.2 Å². The zero-order valence-corrected chi connectivity index (χ0v) is 10.5. The highest BCUT2D eigenvalue weighted by Crippen LogP contribution is 2.28. The summed E-state index contributed by atoms with van der Waals surface area (Å²) in [6.07, 6.45) is 1.13. The van der Waals surface area contributed by atoms with E-state index in [0.29, 0.717) is 0 Å². The fourth-order valence-electron chi connectivity index (χ4n) is 2.27. The highest BCUT2D eigenvalue weighted by molar-refractivity contribution is 5.74. The first-order chi connectivity index (χ1) is 8.80. The highest BCUT2D eigenvalue weighted by atomic mass is 16.5. The van der Waals surface area contributed by atoms with Gasteiger partial charge in [0.05, 0.1) is 19.3 Å². The molecule has 0 saturated carbocycles. The predicted molar refractivity (Wildman–Crippen MR) is 66.7 cm³/mol. The summed E-state index contributed by atoms with van der Waals surface area (Å²) in [6, 6.07) is 5.78. The molecular weight excluding hydrogens is 232 g/mol. The summed E-state index contributed by atoms with van der Waals surface area (Å²) in [7, 11) is 3.37. The third kappa shape index (κ3) is 1.95. The van der Waals surface area contributed by atoms with Gasteiger partial charge in [-0.05, 0) is 18.6 Å². The number of aromatic nitrogens is 1. The van der Waals surface area contributed by atoms with Gasteiger partial charge in [-0.1, -0.05) is 0 Å². The Balaban J connectivity index is 1.89. The normalized spacial score (nSPS) is 23.7. The van der Waals surface area contributed by atoms with E-state index >= 15 is 0 Å². The van der Waals surface area contributed by atoms with Gasteiger partial charge < -0.3 is 19.2 Å². The summed E-state index contributed by atoms with van der Waals surface area (Å²) in [4.78, 5) is 4.50. The largest absolute Gasteiger partial charge is 0.497 e. The fourth-order valence-corrected chi connectivity index (χ4v) is 2.27. The van der Waals surface area contributed by atoms with E-state index in [-0.39, 0.29) is 12.1 Å². The molecule has 0 bridgehead atoms. The number of oxazole rings is 1. The third-order valence-electron chi connectivity index (χ3n) is 3.33. The van der Waals surface area contributed by atoms with Crippen LogP contribution in [0, 0.1) is 0 Å². The van der Waals surface area contributed by atoms with Crippen LogP contribution in [0.2, 0.25) is 0 Å². The number of benzene rings is 1. The molecule has 0 aliphatic carbocycles. The number of rotatable bonds is 3. The number of hydrogen-bond donors (Lipinski definition) is 1. The molecule has 0 amide bonds. The summed E-state index contributed by atoms with van der Waals surface area (Å²) >= 11 is 0. The number of nitrogens with one attached hydrogen (secondary N) is 1. The lowest BCUT2D eigenvalue weighted by molar-refractivity contribution is 0.116. The van der Waals surface area contributed by atoms with Crippen LogP contribution in [0.1, 0.15) is 18.4 Å². The van der Waals surface area contributed by atoms with Crippen LogP contribution in [0.4, 0.5) is 0 Å². The molecule has 1 aromatic carbocycles. The molecule has 2 atom stereocenters. The molecule has 0 radical (unpaired) electrons. The maximum atomic E-state index is 5.78. The molecule has 1 saturated heterocycles. The van der Waals surface area contributed by atoms with E-state index in [9.17, 15) is 0 Å². The van der Waals surface area contributed by atoms with Gasteiger partial charge in [0.1, 0.15) is 11.3 Å². The van der Waals surface area contributed by atoms with Crippen molar-refractivity contribution in [3.63, 3.8) is 0 Å². The molecule has 2 unspecified atom stereocenters. The van der Waals surface area contributed by atoms with Crippen molar-refractivity contribution in [1.82, 2.24) is 10.3 Å². The van der Waals surface area contributed by atoms with Crippen molar-refractivity contribution >= 4 is 11.1 Å². The van der Waals surface area contributed by atoms with Crippen LogP contribution in [0.3, 0.4) is 0 Å². The summed E-state index contributed by atoms with van der Waals surface area (Å²) < 4.78 is 16.3. The van der Waals surface area contributed by atoms with Crippen LogP contribution in [-0.4, -0.2) is 31.9 Å². The fraction of sp³-hybridized carbons (Fsp3) is 0.462. The molecule has 1 fully saturated rings. The Labute approximate surface area is 105 Å². The minimum absolute atomic E-state index is 0.133.